The Bertz CT molecular complexity index is 1320. The lowest BCUT2D eigenvalue weighted by molar-refractivity contribution is 0.0636. The van der Waals surface area contributed by atoms with Crippen LogP contribution in [0.1, 0.15) is 43.0 Å². The van der Waals surface area contributed by atoms with E-state index in [1.165, 1.54) is 11.3 Å². The first-order valence-electron chi connectivity index (χ1n) is 11.2. The van der Waals surface area contributed by atoms with Gasteiger partial charge in [0.2, 0.25) is 5.95 Å². The van der Waals surface area contributed by atoms with Gasteiger partial charge in [-0.05, 0) is 63.1 Å². The highest BCUT2D eigenvalue weighted by molar-refractivity contribution is 7.18. The summed E-state index contributed by atoms with van der Waals surface area (Å²) >= 11 is 1.50. The van der Waals surface area contributed by atoms with Crippen LogP contribution in [-0.4, -0.2) is 33.2 Å². The van der Waals surface area contributed by atoms with E-state index in [1.54, 1.807) is 12.3 Å². The van der Waals surface area contributed by atoms with E-state index < -0.39 is 17.6 Å². The highest BCUT2D eigenvalue weighted by atomic mass is 32.1. The molecule has 0 aliphatic carbocycles. The van der Waals surface area contributed by atoms with Gasteiger partial charge in [-0.15, -0.1) is 11.3 Å². The molecule has 1 atom stereocenters. The van der Waals surface area contributed by atoms with Crippen molar-refractivity contribution < 1.29 is 9.53 Å². The molecule has 35 heavy (non-hydrogen) atoms. The molecule has 0 spiro atoms. The fraction of sp³-hybridized carbons (Fsp3) is 0.269. The molecule has 2 N–H and O–H groups in total. The van der Waals surface area contributed by atoms with E-state index in [4.69, 9.17) is 4.74 Å². The van der Waals surface area contributed by atoms with E-state index >= 15 is 0 Å². The summed E-state index contributed by atoms with van der Waals surface area (Å²) in [5, 5.41) is 16.5. The number of carbonyl (C=O) groups excluding carboxylic acids is 1. The number of para-hydroxylation sites is 1. The van der Waals surface area contributed by atoms with Crippen LogP contribution in [-0.2, 0) is 11.2 Å². The van der Waals surface area contributed by atoms with Crippen LogP contribution >= 0.6 is 11.3 Å². The van der Waals surface area contributed by atoms with E-state index in [1.807, 2.05) is 69.3 Å². The number of anilines is 2. The van der Waals surface area contributed by atoms with Crippen LogP contribution in [0.15, 0.2) is 60.8 Å². The largest absolute Gasteiger partial charge is 0.444 e. The standard InChI is InChI=1S/C26H26N6O2S/c1-26(2,3)34-25(33)30-18-10-8-17(9-11-18)12-14-28-24-29-15-13-20(32-24)19(16-27)23-31-21-6-4-5-7-22(21)35-23/h4-11,13,15,19H,12,14H2,1-3H3,(H,30,33)(H,28,29,32). The minimum Gasteiger partial charge on any atom is -0.444 e. The molecule has 0 saturated heterocycles. The summed E-state index contributed by atoms with van der Waals surface area (Å²) < 4.78 is 6.31. The molecule has 8 nitrogen and oxygen atoms in total. The van der Waals surface area contributed by atoms with Crippen LogP contribution in [0.3, 0.4) is 0 Å². The highest BCUT2D eigenvalue weighted by Gasteiger charge is 2.20. The smallest absolute Gasteiger partial charge is 0.412 e. The number of aromatic nitrogens is 3. The van der Waals surface area contributed by atoms with Crippen molar-refractivity contribution in [1.29, 1.82) is 5.26 Å². The van der Waals surface area contributed by atoms with Crippen LogP contribution in [0.4, 0.5) is 16.4 Å². The number of carbonyl (C=O) groups is 1. The number of ether oxygens (including phenoxy) is 1. The fourth-order valence-corrected chi connectivity index (χ4v) is 4.40. The predicted molar refractivity (Wildman–Crippen MR) is 138 cm³/mol. The summed E-state index contributed by atoms with van der Waals surface area (Å²) in [7, 11) is 0. The van der Waals surface area contributed by atoms with Crippen LogP contribution < -0.4 is 10.6 Å². The number of fused-ring (bicyclic) bond motifs is 1. The summed E-state index contributed by atoms with van der Waals surface area (Å²) in [6.45, 7) is 6.08. The Hall–Kier alpha value is -4.03. The minimum absolute atomic E-state index is 0.465. The molecule has 0 aliphatic heterocycles. The number of rotatable bonds is 7. The SMILES string of the molecule is CC(C)(C)OC(=O)Nc1ccc(CCNc2nccc(C(C#N)c3nc4ccccc4s3)n2)cc1. The van der Waals surface area contributed by atoms with E-state index in [0.29, 0.717) is 23.9 Å². The summed E-state index contributed by atoms with van der Waals surface area (Å²) in [5.74, 6) is -0.0898. The molecule has 0 bridgehead atoms. The van der Waals surface area contributed by atoms with Gasteiger partial charge in [-0.25, -0.2) is 19.7 Å². The Morgan fingerprint density at radius 3 is 2.60 bits per heavy atom. The molecule has 0 fully saturated rings. The lowest BCUT2D eigenvalue weighted by Gasteiger charge is -2.19. The van der Waals surface area contributed by atoms with Gasteiger partial charge in [0, 0.05) is 18.4 Å². The first kappa shape index (κ1) is 24.1. The summed E-state index contributed by atoms with van der Waals surface area (Å²) in [5.41, 5.74) is 2.71. The van der Waals surface area contributed by atoms with Gasteiger partial charge in [0.25, 0.3) is 0 Å². The van der Waals surface area contributed by atoms with Gasteiger partial charge in [0.15, 0.2) is 0 Å². The minimum atomic E-state index is -0.555. The molecule has 2 heterocycles. The quantitative estimate of drug-likeness (QED) is 0.342. The third kappa shape index (κ3) is 6.52. The van der Waals surface area contributed by atoms with Gasteiger partial charge in [0.05, 0.1) is 22.0 Å². The lowest BCUT2D eigenvalue weighted by atomic mass is 10.1. The van der Waals surface area contributed by atoms with Gasteiger partial charge in [-0.2, -0.15) is 5.26 Å². The zero-order valence-corrected chi connectivity index (χ0v) is 20.6. The van der Waals surface area contributed by atoms with Crippen molar-refractivity contribution in [2.45, 2.75) is 38.7 Å². The normalized spacial score (nSPS) is 12.1. The summed E-state index contributed by atoms with van der Waals surface area (Å²) in [6.07, 6.45) is 1.91. The molecule has 2 aromatic carbocycles. The second kappa shape index (κ2) is 10.5. The van der Waals surface area contributed by atoms with E-state index in [2.05, 4.69) is 31.7 Å². The van der Waals surface area contributed by atoms with Crippen molar-refractivity contribution >= 4 is 39.3 Å². The second-order valence-electron chi connectivity index (χ2n) is 8.89. The van der Waals surface area contributed by atoms with E-state index in [0.717, 1.165) is 27.2 Å². The Balaban J connectivity index is 1.34. The number of amides is 1. The van der Waals surface area contributed by atoms with Crippen molar-refractivity contribution in [3.63, 3.8) is 0 Å². The van der Waals surface area contributed by atoms with Gasteiger partial charge < -0.3 is 10.1 Å². The Kier molecular flexibility index (Phi) is 7.22. The molecule has 178 valence electrons. The van der Waals surface area contributed by atoms with Crippen molar-refractivity contribution in [3.8, 4) is 6.07 Å². The molecule has 0 saturated carbocycles. The first-order valence-corrected chi connectivity index (χ1v) is 12.0. The average Bonchev–Trinajstić information content (AvgIpc) is 3.23. The topological polar surface area (TPSA) is 113 Å². The van der Waals surface area contributed by atoms with Gasteiger partial charge in [-0.3, -0.25) is 5.32 Å². The molecule has 4 rings (SSSR count). The molecule has 9 heteroatoms. The molecular weight excluding hydrogens is 460 g/mol. The van der Waals surface area contributed by atoms with Crippen molar-refractivity contribution in [2.24, 2.45) is 0 Å². The molecule has 4 aromatic rings. The fourth-order valence-electron chi connectivity index (χ4n) is 3.37. The average molecular weight is 487 g/mol. The number of nitrogens with zero attached hydrogens (tertiary/aromatic N) is 4. The van der Waals surface area contributed by atoms with Crippen LogP contribution in [0.2, 0.25) is 0 Å². The first-order chi connectivity index (χ1) is 16.8. The number of thiazole rings is 1. The van der Waals surface area contributed by atoms with Crippen LogP contribution in [0.25, 0.3) is 10.2 Å². The molecule has 1 amide bonds. The highest BCUT2D eigenvalue weighted by Crippen LogP contribution is 2.30. The number of nitriles is 1. The van der Waals surface area contributed by atoms with E-state index in [9.17, 15) is 10.1 Å². The van der Waals surface area contributed by atoms with Gasteiger partial charge in [0.1, 0.15) is 16.5 Å². The third-order valence-electron chi connectivity index (χ3n) is 4.96. The number of hydrogen-bond acceptors (Lipinski definition) is 8. The van der Waals surface area contributed by atoms with Gasteiger partial charge >= 0.3 is 6.09 Å². The summed E-state index contributed by atoms with van der Waals surface area (Å²) in [4.78, 5) is 25.4. The van der Waals surface area contributed by atoms with Crippen molar-refractivity contribution in [3.05, 3.63) is 77.1 Å². The van der Waals surface area contributed by atoms with Gasteiger partial charge in [-0.1, -0.05) is 24.3 Å². The molecule has 1 unspecified atom stereocenters. The molecule has 0 radical (unpaired) electrons. The lowest BCUT2D eigenvalue weighted by Crippen LogP contribution is -2.27. The molecular formula is C26H26N6O2S. The maximum absolute atomic E-state index is 11.9. The molecule has 2 aromatic heterocycles. The zero-order chi connectivity index (χ0) is 24.8. The Labute approximate surface area is 208 Å². The zero-order valence-electron chi connectivity index (χ0n) is 19.8. The Morgan fingerprint density at radius 1 is 1.11 bits per heavy atom. The maximum Gasteiger partial charge on any atom is 0.412 e. The Morgan fingerprint density at radius 2 is 1.89 bits per heavy atom. The van der Waals surface area contributed by atoms with Crippen molar-refractivity contribution in [1.82, 2.24) is 15.0 Å². The van der Waals surface area contributed by atoms with Crippen LogP contribution in [0.5, 0.6) is 0 Å². The monoisotopic (exact) mass is 486 g/mol. The third-order valence-corrected chi connectivity index (χ3v) is 6.06. The summed E-state index contributed by atoms with van der Waals surface area (Å²) in [6, 6.07) is 19.5. The van der Waals surface area contributed by atoms with E-state index in [-0.39, 0.29) is 0 Å². The van der Waals surface area contributed by atoms with Crippen LogP contribution in [0, 0.1) is 11.3 Å². The predicted octanol–water partition coefficient (Wildman–Crippen LogP) is 5.74. The van der Waals surface area contributed by atoms with Crippen molar-refractivity contribution in [2.75, 3.05) is 17.2 Å². The second-order valence-corrected chi connectivity index (χ2v) is 9.95. The molecule has 0 aliphatic rings. The maximum atomic E-state index is 11.9. The number of nitrogens with one attached hydrogen (secondary N) is 2. The number of hydrogen-bond donors (Lipinski definition) is 2. The number of benzene rings is 2.